The van der Waals surface area contributed by atoms with E-state index in [9.17, 15) is 9.18 Å². The predicted octanol–water partition coefficient (Wildman–Crippen LogP) is 1.78. The first kappa shape index (κ1) is 14.6. The van der Waals surface area contributed by atoms with Crippen LogP contribution in [-0.4, -0.2) is 32.2 Å². The van der Waals surface area contributed by atoms with E-state index in [2.05, 4.69) is 10.6 Å². The van der Waals surface area contributed by atoms with Gasteiger partial charge in [0.2, 0.25) is 5.91 Å². The van der Waals surface area contributed by atoms with Crippen molar-refractivity contribution in [2.45, 2.75) is 13.3 Å². The first-order valence-corrected chi connectivity index (χ1v) is 6.07. The van der Waals surface area contributed by atoms with Crippen LogP contribution in [0.5, 0.6) is 0 Å². The molecule has 0 saturated heterocycles. The molecule has 18 heavy (non-hydrogen) atoms. The highest BCUT2D eigenvalue weighted by Gasteiger charge is 2.05. The fourth-order valence-corrected chi connectivity index (χ4v) is 1.40. The fraction of sp³-hybridized carbons (Fsp3) is 0.462. The zero-order chi connectivity index (χ0) is 13.2. The van der Waals surface area contributed by atoms with Crippen molar-refractivity contribution in [3.63, 3.8) is 0 Å². The van der Waals surface area contributed by atoms with E-state index in [1.54, 1.807) is 12.1 Å². The van der Waals surface area contributed by atoms with E-state index in [1.807, 2.05) is 6.92 Å². The molecule has 0 heterocycles. The molecule has 1 amide bonds. The van der Waals surface area contributed by atoms with Crippen LogP contribution in [0.2, 0.25) is 0 Å². The van der Waals surface area contributed by atoms with E-state index in [1.165, 1.54) is 12.1 Å². The van der Waals surface area contributed by atoms with E-state index >= 15 is 0 Å². The second-order valence-corrected chi connectivity index (χ2v) is 3.76. The Morgan fingerprint density at radius 2 is 2.17 bits per heavy atom. The van der Waals surface area contributed by atoms with Gasteiger partial charge in [-0.1, -0.05) is 12.1 Å². The normalized spacial score (nSPS) is 10.3. The van der Waals surface area contributed by atoms with Gasteiger partial charge in [0.15, 0.2) is 0 Å². The lowest BCUT2D eigenvalue weighted by Gasteiger charge is -2.07. The third-order valence-electron chi connectivity index (χ3n) is 2.28. The third kappa shape index (κ3) is 5.75. The molecule has 0 fully saturated rings. The Kier molecular flexibility index (Phi) is 6.98. The van der Waals surface area contributed by atoms with E-state index in [-0.39, 0.29) is 18.1 Å². The van der Waals surface area contributed by atoms with Crippen LogP contribution >= 0.6 is 0 Å². The quantitative estimate of drug-likeness (QED) is 0.695. The zero-order valence-electron chi connectivity index (χ0n) is 10.5. The second-order valence-electron chi connectivity index (χ2n) is 3.76. The molecule has 0 aliphatic carbocycles. The number of ether oxygens (including phenoxy) is 1. The maximum atomic E-state index is 13.2. The summed E-state index contributed by atoms with van der Waals surface area (Å²) in [5.74, 6) is -0.682. The molecule has 0 aliphatic heterocycles. The molecule has 1 rings (SSSR count). The summed E-state index contributed by atoms with van der Waals surface area (Å²) in [5, 5.41) is 5.47. The van der Waals surface area contributed by atoms with Gasteiger partial charge in [-0.2, -0.15) is 0 Å². The van der Waals surface area contributed by atoms with E-state index in [0.717, 1.165) is 6.42 Å². The average molecular weight is 254 g/mol. The molecule has 0 aliphatic rings. The lowest BCUT2D eigenvalue weighted by molar-refractivity contribution is -0.115. The Labute approximate surface area is 107 Å². The minimum absolute atomic E-state index is 0.167. The minimum atomic E-state index is -0.429. The van der Waals surface area contributed by atoms with Crippen molar-refractivity contribution < 1.29 is 13.9 Å². The molecule has 100 valence electrons. The number of benzene rings is 1. The Bertz CT molecular complexity index is 372. The summed E-state index contributed by atoms with van der Waals surface area (Å²) in [6.07, 6.45) is 0.848. The Balaban J connectivity index is 2.16. The molecular formula is C13H19FN2O2. The molecular weight excluding hydrogens is 235 g/mol. The highest BCUT2D eigenvalue weighted by molar-refractivity contribution is 5.92. The van der Waals surface area contributed by atoms with Gasteiger partial charge in [-0.25, -0.2) is 4.39 Å². The standard InChI is InChI=1S/C13H19FN2O2/c1-2-18-9-5-8-15-10-13(17)16-12-7-4-3-6-11(12)14/h3-4,6-7,15H,2,5,8-10H2,1H3,(H,16,17). The smallest absolute Gasteiger partial charge is 0.238 e. The summed E-state index contributed by atoms with van der Waals surface area (Å²) >= 11 is 0. The monoisotopic (exact) mass is 254 g/mol. The molecule has 5 heteroatoms. The van der Waals surface area contributed by atoms with Crippen LogP contribution < -0.4 is 10.6 Å². The van der Waals surface area contributed by atoms with Crippen LogP contribution in [0.3, 0.4) is 0 Å². The highest BCUT2D eigenvalue weighted by atomic mass is 19.1. The van der Waals surface area contributed by atoms with Crippen LogP contribution in [0, 0.1) is 5.82 Å². The second kappa shape index (κ2) is 8.60. The van der Waals surface area contributed by atoms with Crippen LogP contribution in [0.15, 0.2) is 24.3 Å². The SMILES string of the molecule is CCOCCCNCC(=O)Nc1ccccc1F. The number of hydrogen-bond acceptors (Lipinski definition) is 3. The minimum Gasteiger partial charge on any atom is -0.382 e. The van der Waals surface area contributed by atoms with Crippen molar-refractivity contribution in [3.8, 4) is 0 Å². The molecule has 0 atom stereocenters. The molecule has 0 spiro atoms. The number of nitrogens with one attached hydrogen (secondary N) is 2. The Hall–Kier alpha value is -1.46. The summed E-state index contributed by atoms with van der Waals surface area (Å²) < 4.78 is 18.4. The highest BCUT2D eigenvalue weighted by Crippen LogP contribution is 2.11. The van der Waals surface area contributed by atoms with Gasteiger partial charge in [0, 0.05) is 13.2 Å². The molecule has 0 bridgehead atoms. The molecule has 0 unspecified atom stereocenters. The Morgan fingerprint density at radius 1 is 1.39 bits per heavy atom. The average Bonchev–Trinajstić information content (AvgIpc) is 2.36. The zero-order valence-corrected chi connectivity index (χ0v) is 10.5. The maximum absolute atomic E-state index is 13.2. The maximum Gasteiger partial charge on any atom is 0.238 e. The summed E-state index contributed by atoms with van der Waals surface area (Å²) in [4.78, 5) is 11.5. The van der Waals surface area contributed by atoms with Crippen molar-refractivity contribution in [1.82, 2.24) is 5.32 Å². The number of carbonyl (C=O) groups is 1. The number of halogens is 1. The van der Waals surface area contributed by atoms with Gasteiger partial charge in [0.05, 0.1) is 12.2 Å². The third-order valence-corrected chi connectivity index (χ3v) is 2.28. The lowest BCUT2D eigenvalue weighted by atomic mass is 10.3. The van der Waals surface area contributed by atoms with E-state index in [4.69, 9.17) is 4.74 Å². The number of para-hydroxylation sites is 1. The van der Waals surface area contributed by atoms with Crippen LogP contribution in [0.25, 0.3) is 0 Å². The molecule has 0 saturated carbocycles. The molecule has 1 aromatic carbocycles. The predicted molar refractivity (Wildman–Crippen MR) is 69.0 cm³/mol. The van der Waals surface area contributed by atoms with Gasteiger partial charge in [-0.05, 0) is 32.0 Å². The van der Waals surface area contributed by atoms with Crippen molar-refractivity contribution in [3.05, 3.63) is 30.1 Å². The largest absolute Gasteiger partial charge is 0.382 e. The molecule has 0 radical (unpaired) electrons. The van der Waals surface area contributed by atoms with Crippen LogP contribution in [0.4, 0.5) is 10.1 Å². The molecule has 1 aromatic rings. The van der Waals surface area contributed by atoms with E-state index in [0.29, 0.717) is 19.8 Å². The number of amides is 1. The lowest BCUT2D eigenvalue weighted by Crippen LogP contribution is -2.29. The summed E-state index contributed by atoms with van der Waals surface area (Å²) in [7, 11) is 0. The van der Waals surface area contributed by atoms with Gasteiger partial charge in [0.1, 0.15) is 5.82 Å². The van der Waals surface area contributed by atoms with Crippen LogP contribution in [0.1, 0.15) is 13.3 Å². The fourth-order valence-electron chi connectivity index (χ4n) is 1.40. The summed E-state index contributed by atoms with van der Waals surface area (Å²) in [6, 6.07) is 6.10. The molecule has 0 aromatic heterocycles. The van der Waals surface area contributed by atoms with Gasteiger partial charge in [-0.3, -0.25) is 4.79 Å². The van der Waals surface area contributed by atoms with Gasteiger partial charge < -0.3 is 15.4 Å². The van der Waals surface area contributed by atoms with Crippen molar-refractivity contribution in [2.24, 2.45) is 0 Å². The van der Waals surface area contributed by atoms with Crippen molar-refractivity contribution in [1.29, 1.82) is 0 Å². The van der Waals surface area contributed by atoms with Crippen molar-refractivity contribution in [2.75, 3.05) is 31.6 Å². The topological polar surface area (TPSA) is 50.4 Å². The Morgan fingerprint density at radius 3 is 2.89 bits per heavy atom. The number of rotatable bonds is 8. The first-order valence-electron chi connectivity index (χ1n) is 6.07. The first-order chi connectivity index (χ1) is 8.74. The number of anilines is 1. The van der Waals surface area contributed by atoms with Gasteiger partial charge in [0.25, 0.3) is 0 Å². The number of carbonyl (C=O) groups excluding carboxylic acids is 1. The summed E-state index contributed by atoms with van der Waals surface area (Å²) in [6.45, 7) is 4.19. The van der Waals surface area contributed by atoms with Gasteiger partial charge in [-0.15, -0.1) is 0 Å². The molecule has 4 nitrogen and oxygen atoms in total. The summed E-state index contributed by atoms with van der Waals surface area (Å²) in [5.41, 5.74) is 0.207. The number of hydrogen-bond donors (Lipinski definition) is 2. The van der Waals surface area contributed by atoms with Gasteiger partial charge >= 0.3 is 0 Å². The molecule has 2 N–H and O–H groups in total. The van der Waals surface area contributed by atoms with Crippen molar-refractivity contribution >= 4 is 11.6 Å². The van der Waals surface area contributed by atoms with E-state index < -0.39 is 5.82 Å². The van der Waals surface area contributed by atoms with Crippen LogP contribution in [-0.2, 0) is 9.53 Å².